The zero-order valence-corrected chi connectivity index (χ0v) is 15.2. The number of hydrogen-bond donors (Lipinski definition) is 0. The molecule has 1 aromatic heterocycles. The summed E-state index contributed by atoms with van der Waals surface area (Å²) in [6, 6.07) is 15.1. The lowest BCUT2D eigenvalue weighted by Gasteiger charge is -2.36. The van der Waals surface area contributed by atoms with E-state index in [0.717, 1.165) is 53.9 Å². The van der Waals surface area contributed by atoms with E-state index >= 15 is 0 Å². The van der Waals surface area contributed by atoms with E-state index in [0.29, 0.717) is 12.2 Å². The summed E-state index contributed by atoms with van der Waals surface area (Å²) < 4.78 is 13.9. The zero-order valence-electron chi connectivity index (χ0n) is 15.2. The molecule has 1 saturated heterocycles. The van der Waals surface area contributed by atoms with Crippen molar-refractivity contribution in [2.75, 3.05) is 31.1 Å². The van der Waals surface area contributed by atoms with Gasteiger partial charge < -0.3 is 4.90 Å². The lowest BCUT2D eigenvalue weighted by atomic mass is 10.1. The molecule has 0 saturated carbocycles. The first-order chi connectivity index (χ1) is 13.2. The van der Waals surface area contributed by atoms with E-state index in [9.17, 15) is 9.65 Å². The Labute approximate surface area is 157 Å². The van der Waals surface area contributed by atoms with E-state index in [-0.39, 0.29) is 5.82 Å². The van der Waals surface area contributed by atoms with Crippen LogP contribution in [0.1, 0.15) is 16.8 Å². The van der Waals surface area contributed by atoms with Gasteiger partial charge in [0.2, 0.25) is 0 Å². The van der Waals surface area contributed by atoms with E-state index in [1.165, 1.54) is 6.07 Å². The number of aryl methyl sites for hydroxylation is 1. The molecule has 0 spiro atoms. The predicted octanol–water partition coefficient (Wildman–Crippen LogP) is 3.27. The molecular weight excluding hydrogens is 341 g/mol. The summed E-state index contributed by atoms with van der Waals surface area (Å²) in [5.74, 6) is -0.161. The van der Waals surface area contributed by atoms with Crippen molar-refractivity contribution in [3.8, 4) is 6.07 Å². The number of rotatable bonds is 3. The van der Waals surface area contributed by atoms with Crippen LogP contribution < -0.4 is 4.90 Å². The van der Waals surface area contributed by atoms with Crippen LogP contribution in [0, 0.1) is 24.1 Å². The average molecular weight is 361 g/mol. The Morgan fingerprint density at radius 3 is 2.59 bits per heavy atom. The molecule has 5 nitrogen and oxygen atoms in total. The largest absolute Gasteiger partial charge is 0.366 e. The fourth-order valence-corrected chi connectivity index (χ4v) is 3.60. The van der Waals surface area contributed by atoms with Crippen molar-refractivity contribution in [2.24, 2.45) is 0 Å². The van der Waals surface area contributed by atoms with Crippen molar-refractivity contribution in [3.63, 3.8) is 0 Å². The van der Waals surface area contributed by atoms with E-state index < -0.39 is 0 Å². The molecule has 0 N–H and O–H groups in total. The summed E-state index contributed by atoms with van der Waals surface area (Å²) >= 11 is 0. The van der Waals surface area contributed by atoms with Crippen LogP contribution >= 0.6 is 0 Å². The summed E-state index contributed by atoms with van der Waals surface area (Å²) in [7, 11) is 0. The minimum Gasteiger partial charge on any atom is -0.366 e. The molecule has 1 fully saturated rings. The second-order valence-corrected chi connectivity index (χ2v) is 6.88. The third-order valence-corrected chi connectivity index (χ3v) is 5.04. The molecule has 2 heterocycles. The molecule has 1 aliphatic heterocycles. The molecule has 0 radical (unpaired) electrons. The van der Waals surface area contributed by atoms with Crippen molar-refractivity contribution in [1.29, 1.82) is 5.26 Å². The second-order valence-electron chi connectivity index (χ2n) is 6.88. The van der Waals surface area contributed by atoms with Crippen LogP contribution in [0.15, 0.2) is 42.5 Å². The van der Waals surface area contributed by atoms with E-state index in [4.69, 9.17) is 0 Å². The molecule has 0 aliphatic carbocycles. The van der Waals surface area contributed by atoms with Gasteiger partial charge in [0.1, 0.15) is 11.9 Å². The van der Waals surface area contributed by atoms with Crippen LogP contribution in [0.25, 0.3) is 10.9 Å². The summed E-state index contributed by atoms with van der Waals surface area (Å²) in [6.45, 7) is 5.75. The van der Waals surface area contributed by atoms with E-state index in [2.05, 4.69) is 32.1 Å². The van der Waals surface area contributed by atoms with Crippen molar-refractivity contribution in [2.45, 2.75) is 13.5 Å². The standard InChI is InChI=1S/C21H20FN5/c1-15-6-7-19-17(12-15)21(20(13-23)25-24-19)27-10-8-26(9-11-27)14-16-4-2-3-5-18(16)22/h2-7,12H,8-11,14H2,1H3. The normalized spacial score (nSPS) is 15.1. The fourth-order valence-electron chi connectivity index (χ4n) is 3.60. The minimum absolute atomic E-state index is 0.161. The van der Waals surface area contributed by atoms with Crippen LogP contribution in [0.4, 0.5) is 10.1 Å². The maximum Gasteiger partial charge on any atom is 0.187 e. The number of aromatic nitrogens is 2. The fraction of sp³-hybridized carbons (Fsp3) is 0.286. The van der Waals surface area contributed by atoms with Gasteiger partial charge in [-0.2, -0.15) is 5.26 Å². The highest BCUT2D eigenvalue weighted by atomic mass is 19.1. The van der Waals surface area contributed by atoms with Gasteiger partial charge in [0.05, 0.1) is 11.2 Å². The monoisotopic (exact) mass is 361 g/mol. The lowest BCUT2D eigenvalue weighted by Crippen LogP contribution is -2.46. The molecule has 0 atom stereocenters. The predicted molar refractivity (Wildman–Crippen MR) is 103 cm³/mol. The molecule has 27 heavy (non-hydrogen) atoms. The van der Waals surface area contributed by atoms with Gasteiger partial charge in [-0.1, -0.05) is 29.8 Å². The van der Waals surface area contributed by atoms with Crippen molar-refractivity contribution >= 4 is 16.6 Å². The zero-order chi connectivity index (χ0) is 18.8. The van der Waals surface area contributed by atoms with Gasteiger partial charge in [-0.25, -0.2) is 4.39 Å². The van der Waals surface area contributed by atoms with Gasteiger partial charge in [0.15, 0.2) is 5.69 Å². The summed E-state index contributed by atoms with van der Waals surface area (Å²) in [4.78, 5) is 4.44. The van der Waals surface area contributed by atoms with Gasteiger partial charge in [-0.15, -0.1) is 10.2 Å². The quantitative estimate of drug-likeness (QED) is 0.717. The molecule has 4 rings (SSSR count). The van der Waals surface area contributed by atoms with Crippen LogP contribution in [0.5, 0.6) is 0 Å². The number of anilines is 1. The van der Waals surface area contributed by atoms with Crippen LogP contribution in [-0.2, 0) is 6.54 Å². The molecule has 0 bridgehead atoms. The second kappa shape index (κ2) is 7.29. The molecule has 0 amide bonds. The third kappa shape index (κ3) is 3.46. The van der Waals surface area contributed by atoms with Crippen molar-refractivity contribution in [1.82, 2.24) is 15.1 Å². The Balaban J connectivity index is 1.57. The highest BCUT2D eigenvalue weighted by molar-refractivity contribution is 5.94. The van der Waals surface area contributed by atoms with Crippen molar-refractivity contribution in [3.05, 3.63) is 65.1 Å². The molecule has 0 unspecified atom stereocenters. The van der Waals surface area contributed by atoms with Gasteiger partial charge in [-0.05, 0) is 25.1 Å². The average Bonchev–Trinajstić information content (AvgIpc) is 2.69. The molecule has 2 aromatic carbocycles. The number of hydrogen-bond acceptors (Lipinski definition) is 5. The van der Waals surface area contributed by atoms with Crippen LogP contribution in [0.3, 0.4) is 0 Å². The molecule has 136 valence electrons. The maximum absolute atomic E-state index is 13.9. The van der Waals surface area contributed by atoms with E-state index in [1.807, 2.05) is 31.2 Å². The maximum atomic E-state index is 13.9. The number of nitriles is 1. The summed E-state index contributed by atoms with van der Waals surface area (Å²) in [5, 5.41) is 18.8. The highest BCUT2D eigenvalue weighted by Gasteiger charge is 2.23. The minimum atomic E-state index is -0.161. The summed E-state index contributed by atoms with van der Waals surface area (Å²) in [6.07, 6.45) is 0. The first-order valence-corrected chi connectivity index (χ1v) is 9.03. The number of nitrogens with zero attached hydrogens (tertiary/aromatic N) is 5. The lowest BCUT2D eigenvalue weighted by molar-refractivity contribution is 0.246. The highest BCUT2D eigenvalue weighted by Crippen LogP contribution is 2.29. The van der Waals surface area contributed by atoms with Gasteiger partial charge in [0.25, 0.3) is 0 Å². The van der Waals surface area contributed by atoms with E-state index in [1.54, 1.807) is 6.07 Å². The van der Waals surface area contributed by atoms with Gasteiger partial charge >= 0.3 is 0 Å². The number of piperazine rings is 1. The SMILES string of the molecule is Cc1ccc2nnc(C#N)c(N3CCN(Cc4ccccc4F)CC3)c2c1. The number of fused-ring (bicyclic) bond motifs is 1. The Kier molecular flexibility index (Phi) is 4.69. The van der Waals surface area contributed by atoms with Gasteiger partial charge in [-0.3, -0.25) is 4.90 Å². The Hall–Kier alpha value is -3.04. The number of halogens is 1. The summed E-state index contributed by atoms with van der Waals surface area (Å²) in [5.41, 5.74) is 3.85. The molecule has 6 heteroatoms. The first-order valence-electron chi connectivity index (χ1n) is 9.03. The molecular formula is C21H20FN5. The number of benzene rings is 2. The molecule has 1 aliphatic rings. The van der Waals surface area contributed by atoms with Gasteiger partial charge in [0, 0.05) is 43.7 Å². The Bertz CT molecular complexity index is 1020. The molecule has 3 aromatic rings. The Morgan fingerprint density at radius 1 is 1.07 bits per heavy atom. The van der Waals surface area contributed by atoms with Crippen molar-refractivity contribution < 1.29 is 4.39 Å². The smallest absolute Gasteiger partial charge is 0.187 e. The topological polar surface area (TPSA) is 56.1 Å². The Morgan fingerprint density at radius 2 is 1.85 bits per heavy atom. The van der Waals surface area contributed by atoms with Crippen LogP contribution in [0.2, 0.25) is 0 Å². The first kappa shape index (κ1) is 17.4. The third-order valence-electron chi connectivity index (χ3n) is 5.04. The van der Waals surface area contributed by atoms with Crippen LogP contribution in [-0.4, -0.2) is 41.3 Å².